The van der Waals surface area contributed by atoms with Gasteiger partial charge >= 0.3 is 0 Å². The molecular weight excluding hydrogens is 346 g/mol. The second-order valence-corrected chi connectivity index (χ2v) is 6.88. The predicted molar refractivity (Wildman–Crippen MR) is 104 cm³/mol. The molecule has 2 heterocycles. The maximum absolute atomic E-state index is 14.4. The van der Waals surface area contributed by atoms with Crippen LogP contribution in [-0.2, 0) is 11.2 Å². The number of nitrogens with one attached hydrogen (secondary N) is 2. The van der Waals surface area contributed by atoms with Gasteiger partial charge in [0.05, 0.1) is 22.1 Å². The minimum absolute atomic E-state index is 0.326. The molecule has 0 amide bonds. The topological polar surface area (TPSA) is 48.6 Å². The number of aromatic nitrogens is 2. The lowest BCUT2D eigenvalue weighted by Crippen LogP contribution is -1.94. The van der Waals surface area contributed by atoms with Gasteiger partial charge in [0, 0.05) is 28.0 Å². The number of carbonyl (C=O) groups excluding carboxylic acids is 1. The molecule has 0 aliphatic carbocycles. The highest BCUT2D eigenvalue weighted by Gasteiger charge is 2.21. The van der Waals surface area contributed by atoms with Crippen molar-refractivity contribution in [1.82, 2.24) is 9.97 Å². The summed E-state index contributed by atoms with van der Waals surface area (Å²) in [7, 11) is 0. The summed E-state index contributed by atoms with van der Waals surface area (Å²) >= 11 is 0. The number of rotatable bonds is 3. The number of aromatic amines is 2. The third-order valence-corrected chi connectivity index (χ3v) is 5.46. The van der Waals surface area contributed by atoms with Gasteiger partial charge in [0.25, 0.3) is 0 Å². The Balaban J connectivity index is 2.08. The molecule has 0 aliphatic heterocycles. The van der Waals surface area contributed by atoms with Gasteiger partial charge in [-0.05, 0) is 36.6 Å². The summed E-state index contributed by atoms with van der Waals surface area (Å²) in [6.45, 7) is 1.98. The van der Waals surface area contributed by atoms with Crippen molar-refractivity contribution < 1.29 is 13.6 Å². The van der Waals surface area contributed by atoms with E-state index in [-0.39, 0.29) is 11.6 Å². The first-order valence-electron chi connectivity index (χ1n) is 8.86. The van der Waals surface area contributed by atoms with Crippen LogP contribution < -0.4 is 0 Å². The van der Waals surface area contributed by atoms with Crippen LogP contribution in [0.4, 0.5) is 8.78 Å². The van der Waals surface area contributed by atoms with E-state index in [1.165, 1.54) is 12.1 Å². The molecule has 3 nitrogen and oxygen atoms in total. The van der Waals surface area contributed by atoms with E-state index in [1.807, 2.05) is 19.1 Å². The van der Waals surface area contributed by atoms with Gasteiger partial charge in [0.2, 0.25) is 0 Å². The van der Waals surface area contributed by atoms with E-state index in [9.17, 15) is 13.6 Å². The predicted octanol–water partition coefficient (Wildman–Crippen LogP) is 5.67. The number of fused-ring (bicyclic) bond motifs is 7. The highest BCUT2D eigenvalue weighted by molar-refractivity contribution is 6.24. The van der Waals surface area contributed by atoms with Crippen LogP contribution in [-0.4, -0.2) is 16.3 Å². The van der Waals surface area contributed by atoms with Crippen molar-refractivity contribution in [1.29, 1.82) is 0 Å². The number of carbonyl (C=O) groups is 1. The number of hydrogen-bond donors (Lipinski definition) is 2. The van der Waals surface area contributed by atoms with Crippen LogP contribution in [0, 0.1) is 18.6 Å². The third kappa shape index (κ3) is 2.08. The molecule has 0 radical (unpaired) electrons. The molecule has 0 aliphatic rings. The quantitative estimate of drug-likeness (QED) is 0.399. The fourth-order valence-corrected chi connectivity index (χ4v) is 4.30. The molecule has 2 aromatic heterocycles. The third-order valence-electron chi connectivity index (χ3n) is 5.46. The number of aldehydes is 1. The van der Waals surface area contributed by atoms with Crippen molar-refractivity contribution in [3.63, 3.8) is 0 Å². The first kappa shape index (κ1) is 16.0. The fraction of sp³-hybridized carbons (Fsp3) is 0.136. The standard InChI is InChI=1S/C22H16F2N2O/c1-11-12(7-4-10-27)18-14-6-3-9-16(24)20(14)26-22(18)21-17(11)13-5-2-8-15(23)19(13)25-21/h2-3,5-6,8-10,25-26H,4,7H2,1H3. The van der Waals surface area contributed by atoms with Crippen LogP contribution in [0.2, 0.25) is 0 Å². The molecule has 5 rings (SSSR count). The summed E-state index contributed by atoms with van der Waals surface area (Å²) in [6.07, 6.45) is 1.81. The summed E-state index contributed by atoms with van der Waals surface area (Å²) in [4.78, 5) is 17.4. The number of halogens is 2. The van der Waals surface area contributed by atoms with E-state index in [0.717, 1.165) is 50.0 Å². The highest BCUT2D eigenvalue weighted by Crippen LogP contribution is 2.41. The average molecular weight is 362 g/mol. The van der Waals surface area contributed by atoms with Gasteiger partial charge in [0.15, 0.2) is 0 Å². The fourth-order valence-electron chi connectivity index (χ4n) is 4.30. The van der Waals surface area contributed by atoms with Gasteiger partial charge < -0.3 is 14.8 Å². The number of para-hydroxylation sites is 2. The molecule has 0 fully saturated rings. The van der Waals surface area contributed by atoms with Crippen molar-refractivity contribution in [3.8, 4) is 0 Å². The second-order valence-electron chi connectivity index (χ2n) is 6.88. The van der Waals surface area contributed by atoms with Crippen molar-refractivity contribution in [2.45, 2.75) is 19.8 Å². The summed E-state index contributed by atoms with van der Waals surface area (Å²) in [5.41, 5.74) is 4.34. The zero-order chi connectivity index (χ0) is 18.7. The first-order chi connectivity index (χ1) is 13.1. The molecular formula is C22H16F2N2O. The Kier molecular flexibility index (Phi) is 3.34. The summed E-state index contributed by atoms with van der Waals surface area (Å²) < 4.78 is 28.8. The molecule has 27 heavy (non-hydrogen) atoms. The lowest BCUT2D eigenvalue weighted by atomic mass is 9.93. The number of benzene rings is 3. The Labute approximate surface area is 153 Å². The lowest BCUT2D eigenvalue weighted by Gasteiger charge is -2.10. The minimum Gasteiger partial charge on any atom is -0.350 e. The van der Waals surface area contributed by atoms with E-state index < -0.39 is 0 Å². The maximum Gasteiger partial charge on any atom is 0.147 e. The van der Waals surface area contributed by atoms with E-state index in [4.69, 9.17) is 0 Å². The van der Waals surface area contributed by atoms with Gasteiger partial charge in [0.1, 0.15) is 17.9 Å². The van der Waals surface area contributed by atoms with Crippen molar-refractivity contribution in [2.24, 2.45) is 0 Å². The van der Waals surface area contributed by atoms with Crippen LogP contribution in [0.1, 0.15) is 17.5 Å². The van der Waals surface area contributed by atoms with Gasteiger partial charge in [-0.15, -0.1) is 0 Å². The van der Waals surface area contributed by atoms with E-state index in [0.29, 0.717) is 23.9 Å². The van der Waals surface area contributed by atoms with Crippen LogP contribution in [0.15, 0.2) is 36.4 Å². The smallest absolute Gasteiger partial charge is 0.147 e. The first-order valence-corrected chi connectivity index (χ1v) is 8.86. The Hall–Kier alpha value is -3.21. The van der Waals surface area contributed by atoms with Crippen LogP contribution in [0.3, 0.4) is 0 Å². The highest BCUT2D eigenvalue weighted by atomic mass is 19.1. The maximum atomic E-state index is 14.4. The van der Waals surface area contributed by atoms with E-state index in [2.05, 4.69) is 9.97 Å². The number of hydrogen-bond acceptors (Lipinski definition) is 1. The molecule has 0 unspecified atom stereocenters. The second kappa shape index (κ2) is 5.64. The zero-order valence-corrected chi connectivity index (χ0v) is 14.6. The normalized spacial score (nSPS) is 12.0. The molecule has 0 bridgehead atoms. The average Bonchev–Trinajstić information content (AvgIpc) is 3.23. The molecule has 134 valence electrons. The van der Waals surface area contributed by atoms with Crippen molar-refractivity contribution in [2.75, 3.05) is 0 Å². The molecule has 0 saturated heterocycles. The molecule has 3 aromatic carbocycles. The van der Waals surface area contributed by atoms with Gasteiger partial charge in [-0.2, -0.15) is 0 Å². The number of H-pyrrole nitrogens is 2. The van der Waals surface area contributed by atoms with Gasteiger partial charge in [-0.3, -0.25) is 0 Å². The Bertz CT molecular complexity index is 1380. The molecule has 0 saturated carbocycles. The lowest BCUT2D eigenvalue weighted by molar-refractivity contribution is -0.107. The Morgan fingerprint density at radius 2 is 1.41 bits per heavy atom. The molecule has 0 atom stereocenters. The van der Waals surface area contributed by atoms with Crippen LogP contribution in [0.25, 0.3) is 43.6 Å². The molecule has 5 heteroatoms. The van der Waals surface area contributed by atoms with Crippen molar-refractivity contribution in [3.05, 3.63) is 59.2 Å². The van der Waals surface area contributed by atoms with Gasteiger partial charge in [-0.25, -0.2) is 8.78 Å². The summed E-state index contributed by atoms with van der Waals surface area (Å²) in [6, 6.07) is 9.95. The summed E-state index contributed by atoms with van der Waals surface area (Å²) in [5, 5.41) is 3.36. The van der Waals surface area contributed by atoms with Gasteiger partial charge in [-0.1, -0.05) is 24.3 Å². The SMILES string of the molecule is Cc1c(CCC=O)c2c3cccc(F)c3[nH]c2c2[nH]c3c(F)cccc3c12. The Morgan fingerprint density at radius 3 is 2.00 bits per heavy atom. The number of aryl methyl sites for hydroxylation is 2. The van der Waals surface area contributed by atoms with E-state index >= 15 is 0 Å². The Morgan fingerprint density at radius 1 is 0.852 bits per heavy atom. The largest absolute Gasteiger partial charge is 0.350 e. The monoisotopic (exact) mass is 362 g/mol. The molecule has 0 spiro atoms. The van der Waals surface area contributed by atoms with Crippen molar-refractivity contribution >= 4 is 49.9 Å². The van der Waals surface area contributed by atoms with Crippen LogP contribution >= 0.6 is 0 Å². The van der Waals surface area contributed by atoms with E-state index in [1.54, 1.807) is 12.1 Å². The molecule has 5 aromatic rings. The minimum atomic E-state index is -0.335. The summed E-state index contributed by atoms with van der Waals surface area (Å²) in [5.74, 6) is -0.661. The zero-order valence-electron chi connectivity index (χ0n) is 14.6. The molecule has 2 N–H and O–H groups in total. The van der Waals surface area contributed by atoms with Crippen LogP contribution in [0.5, 0.6) is 0 Å².